The van der Waals surface area contributed by atoms with Crippen LogP contribution in [0.1, 0.15) is 13.3 Å². The highest BCUT2D eigenvalue weighted by Crippen LogP contribution is 2.02. The largest absolute Gasteiger partial charge is 0.374 e. The maximum absolute atomic E-state index is 5.19. The van der Waals surface area contributed by atoms with Crippen molar-refractivity contribution in [3.63, 3.8) is 0 Å². The fraction of sp³-hybridized carbons (Fsp3) is 0.667. The van der Waals surface area contributed by atoms with E-state index in [1.807, 2.05) is 0 Å². The predicted molar refractivity (Wildman–Crippen MR) is 29.2 cm³/mol. The Morgan fingerprint density at radius 3 is 2.71 bits per heavy atom. The summed E-state index contributed by atoms with van der Waals surface area (Å²) in [5, 5.41) is 0. The molecule has 0 saturated carbocycles. The molecule has 0 aromatic rings. The summed E-state index contributed by atoms with van der Waals surface area (Å²) in [7, 11) is 0. The first-order valence-corrected chi connectivity index (χ1v) is 2.66. The summed E-state index contributed by atoms with van der Waals surface area (Å²) in [5.41, 5.74) is 0. The molecule has 1 atom stereocenters. The third kappa shape index (κ3) is 1.32. The van der Waals surface area contributed by atoms with Gasteiger partial charge in [-0.05, 0) is 13.3 Å². The van der Waals surface area contributed by atoms with E-state index in [0.717, 1.165) is 13.0 Å². The highest BCUT2D eigenvalue weighted by molar-refractivity contribution is 4.87. The Kier molecular flexibility index (Phi) is 1.47. The monoisotopic (exact) mass is 98.1 g/mol. The zero-order valence-corrected chi connectivity index (χ0v) is 4.55. The molecule has 0 aromatic carbocycles. The van der Waals surface area contributed by atoms with E-state index in [1.54, 1.807) is 0 Å². The number of rotatable bonds is 0. The van der Waals surface area contributed by atoms with Crippen molar-refractivity contribution < 1.29 is 4.74 Å². The van der Waals surface area contributed by atoms with Crippen LogP contribution in [0.3, 0.4) is 0 Å². The molecule has 1 aliphatic rings. The Balaban J connectivity index is 2.32. The van der Waals surface area contributed by atoms with E-state index in [9.17, 15) is 0 Å². The summed E-state index contributed by atoms with van der Waals surface area (Å²) in [6.45, 7) is 2.89. The highest BCUT2D eigenvalue weighted by atomic mass is 16.5. The van der Waals surface area contributed by atoms with Gasteiger partial charge >= 0.3 is 0 Å². The lowest BCUT2D eigenvalue weighted by Gasteiger charge is -2.12. The van der Waals surface area contributed by atoms with Crippen LogP contribution in [0.4, 0.5) is 0 Å². The van der Waals surface area contributed by atoms with Crippen LogP contribution in [-0.2, 0) is 4.74 Å². The van der Waals surface area contributed by atoms with Gasteiger partial charge in [-0.15, -0.1) is 0 Å². The topological polar surface area (TPSA) is 9.23 Å². The van der Waals surface area contributed by atoms with Gasteiger partial charge in [0.05, 0.1) is 12.7 Å². The van der Waals surface area contributed by atoms with Crippen molar-refractivity contribution in [1.82, 2.24) is 0 Å². The van der Waals surface area contributed by atoms with Gasteiger partial charge in [0.15, 0.2) is 0 Å². The Labute approximate surface area is 44.0 Å². The van der Waals surface area contributed by atoms with Crippen LogP contribution in [-0.4, -0.2) is 12.7 Å². The smallest absolute Gasteiger partial charge is 0.0651 e. The summed E-state index contributed by atoms with van der Waals surface area (Å²) in [6.07, 6.45) is 5.75. The van der Waals surface area contributed by atoms with E-state index in [4.69, 9.17) is 4.74 Å². The average Bonchev–Trinajstić information content (AvgIpc) is 1.69. The van der Waals surface area contributed by atoms with Crippen LogP contribution in [0.15, 0.2) is 12.2 Å². The van der Waals surface area contributed by atoms with E-state index < -0.39 is 0 Å². The molecular formula is C6H10O. The SMILES string of the molecule is C[C@@H]1CC=CCO1. The van der Waals surface area contributed by atoms with Crippen LogP contribution in [0.2, 0.25) is 0 Å². The van der Waals surface area contributed by atoms with Crippen molar-refractivity contribution in [2.24, 2.45) is 0 Å². The first-order valence-electron chi connectivity index (χ1n) is 2.66. The summed E-state index contributed by atoms with van der Waals surface area (Å²) in [6, 6.07) is 0. The normalized spacial score (nSPS) is 30.7. The third-order valence-corrected chi connectivity index (χ3v) is 1.11. The fourth-order valence-electron chi connectivity index (χ4n) is 0.644. The summed E-state index contributed by atoms with van der Waals surface area (Å²) >= 11 is 0. The van der Waals surface area contributed by atoms with Crippen molar-refractivity contribution in [1.29, 1.82) is 0 Å². The van der Waals surface area contributed by atoms with E-state index >= 15 is 0 Å². The molecule has 0 bridgehead atoms. The molecule has 0 radical (unpaired) electrons. The van der Waals surface area contributed by atoms with Gasteiger partial charge in [-0.25, -0.2) is 0 Å². The lowest BCUT2D eigenvalue weighted by Crippen LogP contribution is -2.09. The Morgan fingerprint density at radius 2 is 2.43 bits per heavy atom. The first kappa shape index (κ1) is 4.85. The van der Waals surface area contributed by atoms with Crippen LogP contribution < -0.4 is 0 Å². The molecule has 0 N–H and O–H groups in total. The molecule has 0 fully saturated rings. The first-order chi connectivity index (χ1) is 3.39. The molecule has 0 spiro atoms. The second-order valence-corrected chi connectivity index (χ2v) is 1.85. The maximum atomic E-state index is 5.19. The second-order valence-electron chi connectivity index (χ2n) is 1.85. The van der Waals surface area contributed by atoms with Crippen LogP contribution in [0.5, 0.6) is 0 Å². The van der Waals surface area contributed by atoms with Gasteiger partial charge in [0.1, 0.15) is 0 Å². The minimum Gasteiger partial charge on any atom is -0.374 e. The van der Waals surface area contributed by atoms with Gasteiger partial charge in [-0.3, -0.25) is 0 Å². The zero-order valence-electron chi connectivity index (χ0n) is 4.55. The lowest BCUT2D eigenvalue weighted by atomic mass is 10.2. The average molecular weight is 98.1 g/mol. The minimum atomic E-state index is 0.449. The van der Waals surface area contributed by atoms with Crippen LogP contribution in [0.25, 0.3) is 0 Å². The van der Waals surface area contributed by atoms with Gasteiger partial charge in [0.2, 0.25) is 0 Å². The van der Waals surface area contributed by atoms with Gasteiger partial charge in [-0.1, -0.05) is 12.2 Å². The van der Waals surface area contributed by atoms with Gasteiger partial charge in [0, 0.05) is 0 Å². The molecule has 1 heteroatoms. The molecule has 1 aliphatic heterocycles. The molecular weight excluding hydrogens is 88.1 g/mol. The standard InChI is InChI=1S/C6H10O/c1-6-4-2-3-5-7-6/h2-3,6H,4-5H2,1H3/t6-/m1/s1. The van der Waals surface area contributed by atoms with Crippen molar-refractivity contribution in [2.45, 2.75) is 19.4 Å². The van der Waals surface area contributed by atoms with Crippen LogP contribution in [0, 0.1) is 0 Å². The number of hydrogen-bond donors (Lipinski definition) is 0. The minimum absolute atomic E-state index is 0.449. The summed E-state index contributed by atoms with van der Waals surface area (Å²) < 4.78 is 5.19. The van der Waals surface area contributed by atoms with Crippen molar-refractivity contribution >= 4 is 0 Å². The van der Waals surface area contributed by atoms with Gasteiger partial charge in [0.25, 0.3) is 0 Å². The molecule has 40 valence electrons. The third-order valence-electron chi connectivity index (χ3n) is 1.11. The molecule has 0 saturated heterocycles. The Morgan fingerprint density at radius 1 is 1.57 bits per heavy atom. The molecule has 0 amide bonds. The second kappa shape index (κ2) is 2.12. The van der Waals surface area contributed by atoms with E-state index in [1.165, 1.54) is 0 Å². The quantitative estimate of drug-likeness (QED) is 0.415. The summed E-state index contributed by atoms with van der Waals surface area (Å²) in [4.78, 5) is 0. The molecule has 1 rings (SSSR count). The molecule has 0 aromatic heterocycles. The summed E-state index contributed by atoms with van der Waals surface area (Å²) in [5.74, 6) is 0. The molecule has 7 heavy (non-hydrogen) atoms. The van der Waals surface area contributed by atoms with Gasteiger partial charge in [-0.2, -0.15) is 0 Å². The van der Waals surface area contributed by atoms with E-state index in [-0.39, 0.29) is 0 Å². The van der Waals surface area contributed by atoms with Crippen molar-refractivity contribution in [2.75, 3.05) is 6.61 Å². The Hall–Kier alpha value is -0.300. The molecule has 0 unspecified atom stereocenters. The predicted octanol–water partition coefficient (Wildman–Crippen LogP) is 1.35. The highest BCUT2D eigenvalue weighted by Gasteiger charge is 1.99. The van der Waals surface area contributed by atoms with E-state index in [0.29, 0.717) is 6.10 Å². The maximum Gasteiger partial charge on any atom is 0.0651 e. The van der Waals surface area contributed by atoms with Crippen molar-refractivity contribution in [3.8, 4) is 0 Å². The number of ether oxygens (including phenoxy) is 1. The van der Waals surface area contributed by atoms with Crippen molar-refractivity contribution in [3.05, 3.63) is 12.2 Å². The zero-order chi connectivity index (χ0) is 5.11. The Bertz CT molecular complexity index is 76.2. The fourth-order valence-corrected chi connectivity index (χ4v) is 0.644. The molecule has 1 heterocycles. The van der Waals surface area contributed by atoms with Gasteiger partial charge < -0.3 is 4.74 Å². The van der Waals surface area contributed by atoms with E-state index in [2.05, 4.69) is 19.1 Å². The molecule has 1 nitrogen and oxygen atoms in total. The number of hydrogen-bond acceptors (Lipinski definition) is 1. The van der Waals surface area contributed by atoms with Crippen LogP contribution >= 0.6 is 0 Å². The molecule has 0 aliphatic carbocycles. The lowest BCUT2D eigenvalue weighted by molar-refractivity contribution is 0.0821.